The standard InChI is InChI=1S/C6H13ClO/c1-5(2)4-6(3,7)8/h5,8H,4H2,1-3H3. The normalized spacial score (nSPS) is 18.8. The zero-order valence-electron chi connectivity index (χ0n) is 5.61. The van der Waals surface area contributed by atoms with Crippen LogP contribution < -0.4 is 0 Å². The van der Waals surface area contributed by atoms with Crippen molar-refractivity contribution in [1.82, 2.24) is 0 Å². The van der Waals surface area contributed by atoms with E-state index in [0.29, 0.717) is 12.3 Å². The smallest absolute Gasteiger partial charge is 0.136 e. The fraction of sp³-hybridized carbons (Fsp3) is 1.00. The van der Waals surface area contributed by atoms with Crippen LogP contribution in [0.25, 0.3) is 0 Å². The van der Waals surface area contributed by atoms with Crippen LogP contribution in [0.3, 0.4) is 0 Å². The third-order valence-corrected chi connectivity index (χ3v) is 0.935. The van der Waals surface area contributed by atoms with Crippen molar-refractivity contribution in [2.45, 2.75) is 32.3 Å². The summed E-state index contributed by atoms with van der Waals surface area (Å²) in [6.07, 6.45) is 0.647. The Hall–Kier alpha value is 0.250. The highest BCUT2D eigenvalue weighted by molar-refractivity contribution is 6.22. The van der Waals surface area contributed by atoms with Gasteiger partial charge in [0, 0.05) is 0 Å². The van der Waals surface area contributed by atoms with Gasteiger partial charge in [0.15, 0.2) is 0 Å². The molecule has 0 aromatic heterocycles. The second kappa shape index (κ2) is 2.70. The second-order valence-electron chi connectivity index (χ2n) is 2.74. The SMILES string of the molecule is CC(C)CC(C)(O)Cl. The first-order valence-electron chi connectivity index (χ1n) is 2.83. The summed E-state index contributed by atoms with van der Waals surface area (Å²) in [5.74, 6) is 0.461. The van der Waals surface area contributed by atoms with Gasteiger partial charge in [-0.15, -0.1) is 0 Å². The van der Waals surface area contributed by atoms with Gasteiger partial charge < -0.3 is 5.11 Å². The molecular weight excluding hydrogens is 124 g/mol. The molecule has 0 saturated carbocycles. The van der Waals surface area contributed by atoms with Crippen LogP contribution >= 0.6 is 11.6 Å². The predicted octanol–water partition coefficient (Wildman–Crippen LogP) is 1.98. The molecule has 1 N–H and O–H groups in total. The van der Waals surface area contributed by atoms with Gasteiger partial charge in [-0.3, -0.25) is 0 Å². The summed E-state index contributed by atoms with van der Waals surface area (Å²) < 4.78 is 0. The van der Waals surface area contributed by atoms with Gasteiger partial charge in [-0.25, -0.2) is 0 Å². The zero-order valence-corrected chi connectivity index (χ0v) is 6.37. The van der Waals surface area contributed by atoms with Crippen LogP contribution in [-0.2, 0) is 0 Å². The van der Waals surface area contributed by atoms with E-state index in [1.165, 1.54) is 0 Å². The molecule has 0 aliphatic heterocycles. The van der Waals surface area contributed by atoms with E-state index in [4.69, 9.17) is 16.7 Å². The largest absolute Gasteiger partial charge is 0.375 e. The summed E-state index contributed by atoms with van der Waals surface area (Å²) in [6.45, 7) is 5.66. The molecule has 1 nitrogen and oxygen atoms in total. The van der Waals surface area contributed by atoms with Crippen LogP contribution in [0.4, 0.5) is 0 Å². The highest BCUT2D eigenvalue weighted by Gasteiger charge is 2.16. The van der Waals surface area contributed by atoms with Gasteiger partial charge in [0.1, 0.15) is 5.06 Å². The summed E-state index contributed by atoms with van der Waals surface area (Å²) in [6, 6.07) is 0. The van der Waals surface area contributed by atoms with Crippen molar-refractivity contribution in [3.63, 3.8) is 0 Å². The van der Waals surface area contributed by atoms with E-state index in [1.54, 1.807) is 6.92 Å². The van der Waals surface area contributed by atoms with Crippen molar-refractivity contribution in [2.75, 3.05) is 0 Å². The molecule has 2 heteroatoms. The lowest BCUT2D eigenvalue weighted by Gasteiger charge is -2.15. The first kappa shape index (κ1) is 8.25. The number of hydrogen-bond acceptors (Lipinski definition) is 1. The Morgan fingerprint density at radius 3 is 2.00 bits per heavy atom. The number of alkyl halides is 1. The Bertz CT molecular complexity index is 63.4. The van der Waals surface area contributed by atoms with Crippen LogP contribution in [0, 0.1) is 5.92 Å². The summed E-state index contributed by atoms with van der Waals surface area (Å²) in [5, 5.41) is 7.95. The molecule has 0 radical (unpaired) electrons. The number of halogens is 1. The van der Waals surface area contributed by atoms with Gasteiger partial charge >= 0.3 is 0 Å². The molecule has 50 valence electrons. The lowest BCUT2D eigenvalue weighted by molar-refractivity contribution is 0.124. The van der Waals surface area contributed by atoms with Crippen molar-refractivity contribution in [2.24, 2.45) is 5.92 Å². The minimum Gasteiger partial charge on any atom is -0.375 e. The Kier molecular flexibility index (Phi) is 2.78. The molecule has 0 fully saturated rings. The quantitative estimate of drug-likeness (QED) is 0.576. The molecule has 0 bridgehead atoms. The molecule has 1 atom stereocenters. The number of aliphatic hydroxyl groups is 1. The summed E-state index contributed by atoms with van der Waals surface area (Å²) in [5.41, 5.74) is 0. The highest BCUT2D eigenvalue weighted by Crippen LogP contribution is 2.19. The maximum Gasteiger partial charge on any atom is 0.136 e. The Labute approximate surface area is 55.7 Å². The van der Waals surface area contributed by atoms with Gasteiger partial charge in [0.25, 0.3) is 0 Å². The first-order chi connectivity index (χ1) is 3.42. The molecule has 0 aromatic carbocycles. The van der Waals surface area contributed by atoms with E-state index >= 15 is 0 Å². The average molecular weight is 137 g/mol. The second-order valence-corrected chi connectivity index (χ2v) is 3.55. The summed E-state index contributed by atoms with van der Waals surface area (Å²) >= 11 is 5.48. The molecule has 0 aliphatic carbocycles. The van der Waals surface area contributed by atoms with Crippen molar-refractivity contribution >= 4 is 11.6 Å². The summed E-state index contributed by atoms with van der Waals surface area (Å²) in [4.78, 5) is 0. The highest BCUT2D eigenvalue weighted by atomic mass is 35.5. The molecule has 8 heavy (non-hydrogen) atoms. The molecule has 0 aliphatic rings. The fourth-order valence-electron chi connectivity index (χ4n) is 0.745. The van der Waals surface area contributed by atoms with Gasteiger partial charge in [0.05, 0.1) is 0 Å². The molecule has 0 amide bonds. The summed E-state index contributed by atoms with van der Waals surface area (Å²) in [7, 11) is 0. The molecule has 0 aromatic rings. The lowest BCUT2D eigenvalue weighted by atomic mass is 10.1. The molecule has 0 rings (SSSR count). The predicted molar refractivity (Wildman–Crippen MR) is 35.9 cm³/mol. The molecular formula is C6H13ClO. The van der Waals surface area contributed by atoms with E-state index in [1.807, 2.05) is 13.8 Å². The van der Waals surface area contributed by atoms with Gasteiger partial charge in [0.2, 0.25) is 0 Å². The third-order valence-electron chi connectivity index (χ3n) is 0.781. The first-order valence-corrected chi connectivity index (χ1v) is 3.21. The molecule has 0 heterocycles. The van der Waals surface area contributed by atoms with Crippen LogP contribution in [0.1, 0.15) is 27.2 Å². The monoisotopic (exact) mass is 136 g/mol. The third kappa shape index (κ3) is 6.25. The van der Waals surface area contributed by atoms with E-state index in [9.17, 15) is 0 Å². The van der Waals surface area contributed by atoms with Crippen LogP contribution in [0.15, 0.2) is 0 Å². The molecule has 0 saturated heterocycles. The lowest BCUT2D eigenvalue weighted by Crippen LogP contribution is -2.17. The van der Waals surface area contributed by atoms with Gasteiger partial charge in [-0.05, 0) is 19.3 Å². The van der Waals surface area contributed by atoms with E-state index in [0.717, 1.165) is 0 Å². The topological polar surface area (TPSA) is 20.2 Å². The Morgan fingerprint density at radius 2 is 2.00 bits per heavy atom. The van der Waals surface area contributed by atoms with Crippen LogP contribution in [-0.4, -0.2) is 10.2 Å². The fourth-order valence-corrected chi connectivity index (χ4v) is 1.05. The zero-order chi connectivity index (χ0) is 6.78. The van der Waals surface area contributed by atoms with E-state index in [-0.39, 0.29) is 0 Å². The molecule has 0 spiro atoms. The van der Waals surface area contributed by atoms with Crippen molar-refractivity contribution in [3.8, 4) is 0 Å². The van der Waals surface area contributed by atoms with E-state index in [2.05, 4.69) is 0 Å². The minimum absolute atomic E-state index is 0.461. The van der Waals surface area contributed by atoms with Gasteiger partial charge in [-0.1, -0.05) is 25.4 Å². The van der Waals surface area contributed by atoms with E-state index < -0.39 is 5.06 Å². The van der Waals surface area contributed by atoms with Crippen molar-refractivity contribution < 1.29 is 5.11 Å². The van der Waals surface area contributed by atoms with Gasteiger partial charge in [-0.2, -0.15) is 0 Å². The van der Waals surface area contributed by atoms with Crippen LogP contribution in [0.5, 0.6) is 0 Å². The Balaban J connectivity index is 3.39. The number of rotatable bonds is 2. The van der Waals surface area contributed by atoms with Crippen molar-refractivity contribution in [1.29, 1.82) is 0 Å². The van der Waals surface area contributed by atoms with Crippen molar-refractivity contribution in [3.05, 3.63) is 0 Å². The maximum atomic E-state index is 8.95. The number of hydrogen-bond donors (Lipinski definition) is 1. The Morgan fingerprint density at radius 1 is 1.62 bits per heavy atom. The molecule has 1 unspecified atom stereocenters. The maximum absolute atomic E-state index is 8.95. The minimum atomic E-state index is -1.01. The average Bonchev–Trinajstić information content (AvgIpc) is 1.21. The van der Waals surface area contributed by atoms with Crippen LogP contribution in [0.2, 0.25) is 0 Å².